The minimum Gasteiger partial charge on any atom is -0.480 e. The van der Waals surface area contributed by atoms with Gasteiger partial charge in [0.05, 0.1) is 0 Å². The van der Waals surface area contributed by atoms with Gasteiger partial charge < -0.3 is 15.6 Å². The molecule has 0 aliphatic heterocycles. The van der Waals surface area contributed by atoms with Crippen molar-refractivity contribution in [3.63, 3.8) is 0 Å². The first-order valence-electron chi connectivity index (χ1n) is 8.58. The molecule has 0 heterocycles. The Morgan fingerprint density at radius 2 is 1.29 bits per heavy atom. The molecule has 3 N–H and O–H groups in total. The quantitative estimate of drug-likeness (QED) is 0.560. The Morgan fingerprint density at radius 3 is 1.75 bits per heavy atom. The fraction of sp³-hybridized carbons (Fsp3) is 0.136. The number of nitrogens with two attached hydrogens (primary N) is 1. The monoisotopic (exact) mass is 417 g/mol. The van der Waals surface area contributed by atoms with Crippen LogP contribution in [-0.4, -0.2) is 17.1 Å². The van der Waals surface area contributed by atoms with Gasteiger partial charge in [-0.1, -0.05) is 48.0 Å². The third-order valence-corrected chi connectivity index (χ3v) is 4.43. The first-order valence-corrected chi connectivity index (χ1v) is 8.96. The number of benzene rings is 3. The third-order valence-electron chi connectivity index (χ3n) is 4.18. The second-order valence-electron chi connectivity index (χ2n) is 6.34. The van der Waals surface area contributed by atoms with Crippen LogP contribution in [0, 0.1) is 0 Å². The molecule has 146 valence electrons. The normalized spacial score (nSPS) is 11.4. The molecule has 0 bridgehead atoms. The number of ether oxygens (including phenoxy) is 1. The topological polar surface area (TPSA) is 72.5 Å². The Kier molecular flexibility index (Phi) is 7.88. The van der Waals surface area contributed by atoms with Crippen LogP contribution in [0.15, 0.2) is 72.8 Å². The molecular weight excluding hydrogens is 397 g/mol. The van der Waals surface area contributed by atoms with Crippen molar-refractivity contribution in [2.45, 2.75) is 18.9 Å². The molecule has 3 aromatic rings. The summed E-state index contributed by atoms with van der Waals surface area (Å²) >= 11 is 5.91. The van der Waals surface area contributed by atoms with Crippen LogP contribution < -0.4 is 10.5 Å². The van der Waals surface area contributed by atoms with Crippen LogP contribution in [-0.2, 0) is 17.6 Å². The van der Waals surface area contributed by atoms with Crippen molar-refractivity contribution in [2.75, 3.05) is 0 Å². The lowest BCUT2D eigenvalue weighted by Crippen LogP contribution is -2.32. The third kappa shape index (κ3) is 6.27. The Hall–Kier alpha value is -2.53. The zero-order chi connectivity index (χ0) is 19.2. The number of halogens is 2. The highest BCUT2D eigenvalue weighted by molar-refractivity contribution is 6.30. The van der Waals surface area contributed by atoms with E-state index in [1.54, 1.807) is 0 Å². The summed E-state index contributed by atoms with van der Waals surface area (Å²) in [5, 5.41) is 9.60. The lowest BCUT2D eigenvalue weighted by Gasteiger charge is -2.09. The van der Waals surface area contributed by atoms with Crippen LogP contribution in [0.5, 0.6) is 11.5 Å². The van der Waals surface area contributed by atoms with E-state index in [9.17, 15) is 4.79 Å². The molecule has 0 amide bonds. The molecule has 0 aliphatic carbocycles. The second-order valence-corrected chi connectivity index (χ2v) is 6.78. The van der Waals surface area contributed by atoms with E-state index in [0.717, 1.165) is 22.8 Å². The lowest BCUT2D eigenvalue weighted by molar-refractivity contribution is -0.138. The van der Waals surface area contributed by atoms with Gasteiger partial charge >= 0.3 is 5.97 Å². The number of rotatable bonds is 7. The predicted molar refractivity (Wildman–Crippen MR) is 114 cm³/mol. The molecule has 0 aliphatic rings. The molecule has 0 saturated heterocycles. The van der Waals surface area contributed by atoms with Crippen LogP contribution in [0.1, 0.15) is 16.7 Å². The lowest BCUT2D eigenvalue weighted by atomic mass is 10.1. The molecule has 4 nitrogen and oxygen atoms in total. The van der Waals surface area contributed by atoms with E-state index < -0.39 is 12.0 Å². The Balaban J connectivity index is 0.00000280. The molecule has 0 aromatic heterocycles. The van der Waals surface area contributed by atoms with Crippen molar-refractivity contribution in [2.24, 2.45) is 5.73 Å². The van der Waals surface area contributed by atoms with Gasteiger partial charge in [0.15, 0.2) is 0 Å². The number of hydrogen-bond acceptors (Lipinski definition) is 3. The zero-order valence-corrected chi connectivity index (χ0v) is 16.6. The van der Waals surface area contributed by atoms with Gasteiger partial charge in [-0.3, -0.25) is 4.79 Å². The van der Waals surface area contributed by atoms with E-state index in [-0.39, 0.29) is 18.8 Å². The van der Waals surface area contributed by atoms with Gasteiger partial charge in [-0.05, 0) is 65.9 Å². The number of carbonyl (C=O) groups is 1. The minimum absolute atomic E-state index is 0. The van der Waals surface area contributed by atoms with Crippen molar-refractivity contribution in [1.29, 1.82) is 0 Å². The SMILES string of the molecule is Cl.NC(Cc1ccc(Oc2ccc(Cc3ccc(Cl)cc3)cc2)cc1)C(=O)O. The molecule has 0 radical (unpaired) electrons. The van der Waals surface area contributed by atoms with Gasteiger partial charge in [-0.2, -0.15) is 0 Å². The fourth-order valence-electron chi connectivity index (χ4n) is 2.68. The smallest absolute Gasteiger partial charge is 0.320 e. The number of carboxylic acid groups (broad SMARTS) is 1. The van der Waals surface area contributed by atoms with Gasteiger partial charge in [0.1, 0.15) is 17.5 Å². The van der Waals surface area contributed by atoms with Gasteiger partial charge in [-0.25, -0.2) is 0 Å². The van der Waals surface area contributed by atoms with Crippen LogP contribution in [0.3, 0.4) is 0 Å². The highest BCUT2D eigenvalue weighted by atomic mass is 35.5. The van der Waals surface area contributed by atoms with Gasteiger partial charge in [0.25, 0.3) is 0 Å². The highest BCUT2D eigenvalue weighted by Crippen LogP contribution is 2.23. The molecule has 3 aromatic carbocycles. The average molecular weight is 418 g/mol. The van der Waals surface area contributed by atoms with Crippen molar-refractivity contribution in [1.82, 2.24) is 0 Å². The largest absolute Gasteiger partial charge is 0.480 e. The van der Waals surface area contributed by atoms with E-state index >= 15 is 0 Å². The molecule has 6 heteroatoms. The second kappa shape index (κ2) is 10.1. The van der Waals surface area contributed by atoms with E-state index in [1.165, 1.54) is 11.1 Å². The highest BCUT2D eigenvalue weighted by Gasteiger charge is 2.11. The molecule has 28 heavy (non-hydrogen) atoms. The summed E-state index contributed by atoms with van der Waals surface area (Å²) in [5.74, 6) is 0.423. The van der Waals surface area contributed by atoms with Crippen LogP contribution in [0.4, 0.5) is 0 Å². The van der Waals surface area contributed by atoms with Gasteiger partial charge in [0, 0.05) is 5.02 Å². The van der Waals surface area contributed by atoms with Crippen LogP contribution in [0.25, 0.3) is 0 Å². The standard InChI is InChI=1S/C22H20ClNO3.ClH/c23-18-7-1-15(2-8-18)13-16-3-9-19(10-4-16)27-20-11-5-17(6-12-20)14-21(24)22(25)26;/h1-12,21H,13-14,24H2,(H,25,26);1H. The molecule has 3 rings (SSSR count). The number of hydrogen-bond donors (Lipinski definition) is 2. The molecule has 1 unspecified atom stereocenters. The average Bonchev–Trinajstić information content (AvgIpc) is 2.66. The molecule has 0 spiro atoms. The predicted octanol–water partition coefficient (Wildman–Crippen LogP) is 5.10. The van der Waals surface area contributed by atoms with Crippen molar-refractivity contribution < 1.29 is 14.6 Å². The van der Waals surface area contributed by atoms with E-state index in [0.29, 0.717) is 5.75 Å². The number of aliphatic carboxylic acids is 1. The molecular formula is C22H21Cl2NO3. The van der Waals surface area contributed by atoms with Crippen molar-refractivity contribution in [3.05, 3.63) is 94.5 Å². The Morgan fingerprint density at radius 1 is 0.857 bits per heavy atom. The van der Waals surface area contributed by atoms with Crippen LogP contribution in [0.2, 0.25) is 5.02 Å². The minimum atomic E-state index is -1.01. The molecule has 0 fully saturated rings. The van der Waals surface area contributed by atoms with Gasteiger partial charge in [0.2, 0.25) is 0 Å². The van der Waals surface area contributed by atoms with E-state index in [4.69, 9.17) is 27.2 Å². The van der Waals surface area contributed by atoms with E-state index in [1.807, 2.05) is 72.8 Å². The maximum atomic E-state index is 10.8. The first-order chi connectivity index (χ1) is 13.0. The summed E-state index contributed by atoms with van der Waals surface area (Å²) in [7, 11) is 0. The van der Waals surface area contributed by atoms with Crippen LogP contribution >= 0.6 is 24.0 Å². The Bertz CT molecular complexity index is 895. The summed E-state index contributed by atoms with van der Waals surface area (Å²) in [5.41, 5.74) is 8.79. The fourth-order valence-corrected chi connectivity index (χ4v) is 2.81. The maximum absolute atomic E-state index is 10.8. The van der Waals surface area contributed by atoms with E-state index in [2.05, 4.69) is 0 Å². The van der Waals surface area contributed by atoms with Crippen molar-refractivity contribution >= 4 is 30.0 Å². The summed E-state index contributed by atoms with van der Waals surface area (Å²) < 4.78 is 5.84. The molecule has 1 atom stereocenters. The molecule has 0 saturated carbocycles. The number of carboxylic acids is 1. The summed E-state index contributed by atoms with van der Waals surface area (Å²) in [6.45, 7) is 0. The summed E-state index contributed by atoms with van der Waals surface area (Å²) in [6, 6.07) is 22.1. The summed E-state index contributed by atoms with van der Waals surface area (Å²) in [4.78, 5) is 10.8. The zero-order valence-electron chi connectivity index (χ0n) is 15.0. The maximum Gasteiger partial charge on any atom is 0.320 e. The summed E-state index contributed by atoms with van der Waals surface area (Å²) in [6.07, 6.45) is 1.12. The van der Waals surface area contributed by atoms with Gasteiger partial charge in [-0.15, -0.1) is 12.4 Å². The van der Waals surface area contributed by atoms with Crippen molar-refractivity contribution in [3.8, 4) is 11.5 Å². The first kappa shape index (κ1) is 21.8. The Labute approximate surface area is 175 Å².